The lowest BCUT2D eigenvalue weighted by atomic mass is 10.2. The number of rotatable bonds is 10. The molecule has 0 bridgehead atoms. The summed E-state index contributed by atoms with van der Waals surface area (Å²) in [4.78, 5) is 34.9. The van der Waals surface area contributed by atoms with E-state index in [1.165, 1.54) is 6.92 Å². The van der Waals surface area contributed by atoms with E-state index in [1.807, 2.05) is 0 Å². The van der Waals surface area contributed by atoms with Crippen LogP contribution in [0.3, 0.4) is 0 Å². The standard InChI is InChI=1S/C9H15NO7/c1-8(15-7-11)17-9(12)5-3-2-4-6-16-10(13)14/h7-8H,2-6H2,1H3. The minimum atomic E-state index is -0.891. The first-order valence-corrected chi connectivity index (χ1v) is 5.12. The van der Waals surface area contributed by atoms with Gasteiger partial charge < -0.3 is 14.3 Å². The molecule has 0 rings (SSSR count). The SMILES string of the molecule is CC(OC=O)OC(=O)CCCCCO[N+](=O)[O-]. The van der Waals surface area contributed by atoms with Crippen molar-refractivity contribution in [2.75, 3.05) is 6.61 Å². The molecule has 0 aliphatic rings. The highest BCUT2D eigenvalue weighted by Crippen LogP contribution is 2.03. The van der Waals surface area contributed by atoms with E-state index in [4.69, 9.17) is 4.74 Å². The zero-order valence-electron chi connectivity index (χ0n) is 9.50. The maximum absolute atomic E-state index is 11.1. The molecule has 8 heteroatoms. The van der Waals surface area contributed by atoms with Crippen molar-refractivity contribution >= 4 is 12.4 Å². The van der Waals surface area contributed by atoms with E-state index in [-0.39, 0.29) is 19.5 Å². The molecule has 0 spiro atoms. The van der Waals surface area contributed by atoms with Gasteiger partial charge in [0.1, 0.15) is 0 Å². The molecule has 0 N–H and O–H groups in total. The summed E-state index contributed by atoms with van der Waals surface area (Å²) >= 11 is 0. The van der Waals surface area contributed by atoms with Crippen molar-refractivity contribution < 1.29 is 29.0 Å². The number of esters is 1. The fraction of sp³-hybridized carbons (Fsp3) is 0.778. The van der Waals surface area contributed by atoms with Crippen LogP contribution in [0.25, 0.3) is 0 Å². The van der Waals surface area contributed by atoms with E-state index < -0.39 is 17.3 Å². The van der Waals surface area contributed by atoms with Crippen molar-refractivity contribution in [2.45, 2.75) is 38.9 Å². The molecule has 17 heavy (non-hydrogen) atoms. The Morgan fingerprint density at radius 1 is 1.41 bits per heavy atom. The molecule has 0 aliphatic heterocycles. The van der Waals surface area contributed by atoms with Crippen LogP contribution in [-0.2, 0) is 23.9 Å². The van der Waals surface area contributed by atoms with Crippen LogP contribution in [0, 0.1) is 10.1 Å². The third-order valence-electron chi connectivity index (χ3n) is 1.77. The third-order valence-corrected chi connectivity index (χ3v) is 1.77. The van der Waals surface area contributed by atoms with Crippen LogP contribution < -0.4 is 0 Å². The van der Waals surface area contributed by atoms with Gasteiger partial charge in [0, 0.05) is 13.3 Å². The van der Waals surface area contributed by atoms with Crippen LogP contribution in [0.5, 0.6) is 0 Å². The lowest BCUT2D eigenvalue weighted by Crippen LogP contribution is -2.17. The van der Waals surface area contributed by atoms with E-state index in [0.29, 0.717) is 19.3 Å². The number of nitrogens with zero attached hydrogens (tertiary/aromatic N) is 1. The minimum Gasteiger partial charge on any atom is -0.428 e. The Labute approximate surface area is 97.9 Å². The Kier molecular flexibility index (Phi) is 8.35. The number of ether oxygens (including phenoxy) is 2. The number of carbonyl (C=O) groups is 2. The van der Waals surface area contributed by atoms with E-state index in [9.17, 15) is 19.7 Å². The monoisotopic (exact) mass is 249 g/mol. The molecule has 0 saturated carbocycles. The summed E-state index contributed by atoms with van der Waals surface area (Å²) in [6.07, 6.45) is 0.928. The first-order valence-electron chi connectivity index (χ1n) is 5.12. The van der Waals surface area contributed by atoms with Gasteiger partial charge in [-0.15, -0.1) is 10.1 Å². The van der Waals surface area contributed by atoms with Gasteiger partial charge >= 0.3 is 5.97 Å². The van der Waals surface area contributed by atoms with Gasteiger partial charge in [0.15, 0.2) is 0 Å². The highest BCUT2D eigenvalue weighted by atomic mass is 16.9. The van der Waals surface area contributed by atoms with Crippen molar-refractivity contribution in [3.05, 3.63) is 10.1 Å². The summed E-state index contributed by atoms with van der Waals surface area (Å²) in [5.74, 6) is -0.477. The van der Waals surface area contributed by atoms with Gasteiger partial charge in [-0.3, -0.25) is 9.59 Å². The summed E-state index contributed by atoms with van der Waals surface area (Å²) in [5, 5.41) is 8.94. The predicted molar refractivity (Wildman–Crippen MR) is 54.1 cm³/mol. The Balaban J connectivity index is 3.39. The summed E-state index contributed by atoms with van der Waals surface area (Å²) in [6, 6.07) is 0. The van der Waals surface area contributed by atoms with Crippen LogP contribution >= 0.6 is 0 Å². The third kappa shape index (κ3) is 10.4. The van der Waals surface area contributed by atoms with Crippen molar-refractivity contribution in [2.24, 2.45) is 0 Å². The van der Waals surface area contributed by atoms with Crippen LogP contribution in [-0.4, -0.2) is 30.4 Å². The normalized spacial score (nSPS) is 11.4. The minimum absolute atomic E-state index is 0.0205. The smallest absolute Gasteiger partial charge is 0.308 e. The molecule has 8 nitrogen and oxygen atoms in total. The summed E-state index contributed by atoms with van der Waals surface area (Å²) < 4.78 is 9.07. The number of hydrogen-bond acceptors (Lipinski definition) is 7. The molecule has 0 aliphatic carbocycles. The van der Waals surface area contributed by atoms with Gasteiger partial charge in [0.25, 0.3) is 11.6 Å². The lowest BCUT2D eigenvalue weighted by molar-refractivity contribution is -0.757. The quantitative estimate of drug-likeness (QED) is 0.141. The molecule has 1 atom stereocenters. The molecule has 0 aromatic rings. The van der Waals surface area contributed by atoms with Crippen molar-refractivity contribution in [3.8, 4) is 0 Å². The summed E-state index contributed by atoms with van der Waals surface area (Å²) in [5.41, 5.74) is 0. The molecular weight excluding hydrogens is 234 g/mol. The van der Waals surface area contributed by atoms with E-state index in [0.717, 1.165) is 0 Å². The fourth-order valence-electron chi connectivity index (χ4n) is 1.04. The average molecular weight is 249 g/mol. The van der Waals surface area contributed by atoms with E-state index >= 15 is 0 Å². The molecule has 0 aromatic heterocycles. The highest BCUT2D eigenvalue weighted by Gasteiger charge is 2.08. The predicted octanol–water partition coefficient (Wildman–Crippen LogP) is 0.817. The number of carbonyl (C=O) groups excluding carboxylic acids is 2. The Morgan fingerprint density at radius 3 is 2.71 bits per heavy atom. The van der Waals surface area contributed by atoms with Crippen molar-refractivity contribution in [3.63, 3.8) is 0 Å². The molecule has 0 saturated heterocycles. The maximum Gasteiger partial charge on any atom is 0.308 e. The van der Waals surface area contributed by atoms with Crippen LogP contribution in [0.2, 0.25) is 0 Å². The maximum atomic E-state index is 11.1. The van der Waals surface area contributed by atoms with Crippen molar-refractivity contribution in [1.29, 1.82) is 0 Å². The first-order chi connectivity index (χ1) is 8.06. The van der Waals surface area contributed by atoms with Gasteiger partial charge in [0.05, 0.1) is 6.61 Å². The molecular formula is C9H15NO7. The highest BCUT2D eigenvalue weighted by molar-refractivity contribution is 5.69. The number of unbranched alkanes of at least 4 members (excludes halogenated alkanes) is 2. The van der Waals surface area contributed by atoms with Crippen LogP contribution in [0.4, 0.5) is 0 Å². The second kappa shape index (κ2) is 9.37. The average Bonchev–Trinajstić information content (AvgIpc) is 2.23. The van der Waals surface area contributed by atoms with Gasteiger partial charge in [-0.05, 0) is 12.8 Å². The topological polar surface area (TPSA) is 105 Å². The molecule has 0 fully saturated rings. The van der Waals surface area contributed by atoms with Gasteiger partial charge in [0.2, 0.25) is 6.29 Å². The zero-order valence-corrected chi connectivity index (χ0v) is 9.50. The summed E-state index contributed by atoms with van der Waals surface area (Å²) in [7, 11) is 0. The Hall–Kier alpha value is -1.86. The largest absolute Gasteiger partial charge is 0.428 e. The van der Waals surface area contributed by atoms with E-state index in [1.54, 1.807) is 0 Å². The van der Waals surface area contributed by atoms with Gasteiger partial charge in [-0.2, -0.15) is 0 Å². The van der Waals surface area contributed by atoms with Gasteiger partial charge in [-0.25, -0.2) is 0 Å². The molecule has 98 valence electrons. The Bertz CT molecular complexity index is 256. The molecule has 0 radical (unpaired) electrons. The van der Waals surface area contributed by atoms with Gasteiger partial charge in [-0.1, -0.05) is 6.42 Å². The lowest BCUT2D eigenvalue weighted by Gasteiger charge is -2.10. The fourth-order valence-corrected chi connectivity index (χ4v) is 1.04. The molecule has 1 unspecified atom stereocenters. The second-order valence-corrected chi connectivity index (χ2v) is 3.16. The Morgan fingerprint density at radius 2 is 2.12 bits per heavy atom. The zero-order chi connectivity index (χ0) is 13.1. The van der Waals surface area contributed by atoms with Crippen molar-refractivity contribution in [1.82, 2.24) is 0 Å². The number of hydrogen-bond donors (Lipinski definition) is 0. The van der Waals surface area contributed by atoms with Crippen LogP contribution in [0.15, 0.2) is 0 Å². The molecule has 0 aromatic carbocycles. The molecule has 0 amide bonds. The molecule has 0 heterocycles. The summed E-state index contributed by atoms with van der Waals surface area (Å²) in [6.45, 7) is 1.65. The second-order valence-electron chi connectivity index (χ2n) is 3.16. The van der Waals surface area contributed by atoms with Crippen LogP contribution in [0.1, 0.15) is 32.6 Å². The first kappa shape index (κ1) is 15.1. The van der Waals surface area contributed by atoms with E-state index in [2.05, 4.69) is 9.57 Å².